The Morgan fingerprint density at radius 1 is 1.23 bits per heavy atom. The Bertz CT molecular complexity index is 743. The molecule has 7 atom stereocenters. The van der Waals surface area contributed by atoms with E-state index in [4.69, 9.17) is 4.74 Å². The molecule has 3 saturated carbocycles. The molecular weight excluding hydrogens is 332 g/mol. The maximum absolute atomic E-state index is 12.4. The zero-order valence-electron chi connectivity index (χ0n) is 15.6. The van der Waals surface area contributed by atoms with Gasteiger partial charge >= 0.3 is 0 Å². The molecule has 4 aliphatic carbocycles. The molecule has 5 heteroatoms. The van der Waals surface area contributed by atoms with Crippen molar-refractivity contribution in [3.05, 3.63) is 11.6 Å². The number of ketones is 2. The number of rotatable bonds is 2. The smallest absolute Gasteiger partial charge is 0.190 e. The number of aliphatic hydroxyl groups is 2. The number of carbonyl (C=O) groups excluding carboxylic acids is 2. The summed E-state index contributed by atoms with van der Waals surface area (Å²) in [5.41, 5.74) is -1.06. The van der Waals surface area contributed by atoms with E-state index in [0.717, 1.165) is 25.7 Å². The molecule has 4 fully saturated rings. The van der Waals surface area contributed by atoms with Crippen molar-refractivity contribution in [1.82, 2.24) is 0 Å². The summed E-state index contributed by atoms with van der Waals surface area (Å²) in [6.45, 7) is 3.69. The Morgan fingerprint density at radius 3 is 2.73 bits per heavy atom. The Balaban J connectivity index is 1.57. The van der Waals surface area contributed by atoms with Crippen LogP contribution in [0.4, 0.5) is 0 Å². The van der Waals surface area contributed by atoms with Gasteiger partial charge in [0.05, 0.1) is 6.10 Å². The van der Waals surface area contributed by atoms with Crippen LogP contribution in [0.25, 0.3) is 0 Å². The molecule has 0 aromatic rings. The Hall–Kier alpha value is -1.04. The van der Waals surface area contributed by atoms with Crippen LogP contribution in [0.2, 0.25) is 0 Å². The van der Waals surface area contributed by atoms with Crippen LogP contribution in [0.15, 0.2) is 11.6 Å². The second kappa shape index (κ2) is 4.86. The molecule has 5 aliphatic rings. The van der Waals surface area contributed by atoms with Crippen LogP contribution in [0, 0.1) is 22.7 Å². The van der Waals surface area contributed by atoms with Crippen molar-refractivity contribution in [3.63, 3.8) is 0 Å². The molecule has 0 unspecified atom stereocenters. The average molecular weight is 360 g/mol. The van der Waals surface area contributed by atoms with Gasteiger partial charge in [0, 0.05) is 17.3 Å². The van der Waals surface area contributed by atoms with Crippen LogP contribution in [0.1, 0.15) is 58.8 Å². The molecule has 0 amide bonds. The predicted molar refractivity (Wildman–Crippen MR) is 93.2 cm³/mol. The monoisotopic (exact) mass is 360 g/mol. The summed E-state index contributed by atoms with van der Waals surface area (Å²) in [7, 11) is 0. The van der Waals surface area contributed by atoms with Gasteiger partial charge in [0.1, 0.15) is 17.8 Å². The second-order valence-corrected chi connectivity index (χ2v) is 9.72. The first-order valence-corrected chi connectivity index (χ1v) is 10.0. The fraction of sp³-hybridized carbons (Fsp3) is 0.810. The standard InChI is InChI=1S/C21H28O5/c1-18-7-5-13(23)9-12(18)3-4-15-14-6-8-20(25,16(24)11-22)19(14,2)10-17-21(15,18)26-17/h9,14-15,17,22,25H,3-8,10-11H2,1-2H3/t14-,15+,17+,18+,19-,20+,21-/m0/s1. The summed E-state index contributed by atoms with van der Waals surface area (Å²) in [5, 5.41) is 20.7. The van der Waals surface area contributed by atoms with Gasteiger partial charge in [-0.25, -0.2) is 0 Å². The minimum atomic E-state index is -1.44. The van der Waals surface area contributed by atoms with Gasteiger partial charge in [-0.2, -0.15) is 0 Å². The summed E-state index contributed by atoms with van der Waals surface area (Å²) >= 11 is 0. The largest absolute Gasteiger partial charge is 0.388 e. The molecule has 142 valence electrons. The zero-order valence-corrected chi connectivity index (χ0v) is 15.6. The highest BCUT2D eigenvalue weighted by Gasteiger charge is 2.81. The molecule has 0 radical (unpaired) electrons. The lowest BCUT2D eigenvalue weighted by Gasteiger charge is -2.56. The number of aliphatic hydroxyl groups excluding tert-OH is 1. The van der Waals surface area contributed by atoms with Crippen LogP contribution in [0.3, 0.4) is 0 Å². The lowest BCUT2D eigenvalue weighted by molar-refractivity contribution is -0.160. The zero-order chi connectivity index (χ0) is 18.5. The van der Waals surface area contributed by atoms with Crippen molar-refractivity contribution in [3.8, 4) is 0 Å². The Labute approximate surface area is 153 Å². The normalized spacial score (nSPS) is 54.5. The van der Waals surface area contributed by atoms with Gasteiger partial charge in [-0.1, -0.05) is 19.4 Å². The van der Waals surface area contributed by atoms with Crippen molar-refractivity contribution in [2.75, 3.05) is 6.61 Å². The summed E-state index contributed by atoms with van der Waals surface area (Å²) < 4.78 is 6.45. The van der Waals surface area contributed by atoms with Gasteiger partial charge in [0.15, 0.2) is 11.6 Å². The van der Waals surface area contributed by atoms with Crippen LogP contribution in [0.5, 0.6) is 0 Å². The van der Waals surface area contributed by atoms with Crippen LogP contribution in [-0.4, -0.2) is 45.7 Å². The molecule has 1 aliphatic heterocycles. The van der Waals surface area contributed by atoms with Crippen LogP contribution in [-0.2, 0) is 14.3 Å². The average Bonchev–Trinajstić information content (AvgIpc) is 3.27. The maximum Gasteiger partial charge on any atom is 0.190 e. The number of epoxide rings is 1. The second-order valence-electron chi connectivity index (χ2n) is 9.72. The number of Topliss-reactive ketones (excluding diaryl/α,β-unsaturated/α-hetero) is 1. The van der Waals surface area contributed by atoms with Crippen molar-refractivity contribution >= 4 is 11.6 Å². The quantitative estimate of drug-likeness (QED) is 0.735. The molecule has 1 spiro atoms. The van der Waals surface area contributed by atoms with Gasteiger partial charge in [0.2, 0.25) is 0 Å². The van der Waals surface area contributed by atoms with E-state index in [9.17, 15) is 19.8 Å². The number of fused-ring (bicyclic) bond motifs is 3. The first kappa shape index (κ1) is 17.1. The topological polar surface area (TPSA) is 87.1 Å². The van der Waals surface area contributed by atoms with E-state index in [0.29, 0.717) is 25.2 Å². The van der Waals surface area contributed by atoms with E-state index in [1.165, 1.54) is 5.57 Å². The first-order chi connectivity index (χ1) is 12.2. The lowest BCUT2D eigenvalue weighted by Crippen LogP contribution is -2.61. The highest BCUT2D eigenvalue weighted by molar-refractivity contribution is 5.92. The predicted octanol–water partition coefficient (Wildman–Crippen LogP) is 1.94. The third-order valence-electron chi connectivity index (χ3n) is 9.09. The molecule has 5 rings (SSSR count). The van der Waals surface area contributed by atoms with Gasteiger partial charge < -0.3 is 14.9 Å². The SMILES string of the molecule is C[C@]12C[C@H]3O[C@@]34[C@H](CCC3=CC(=O)CC[C@]34C)[C@@H]1CC[C@@]2(O)C(=O)CO. The van der Waals surface area contributed by atoms with Crippen LogP contribution >= 0.6 is 0 Å². The summed E-state index contributed by atoms with van der Waals surface area (Å²) in [6.07, 6.45) is 7.08. The van der Waals surface area contributed by atoms with E-state index in [1.807, 2.05) is 13.0 Å². The maximum atomic E-state index is 12.4. The highest BCUT2D eigenvalue weighted by Crippen LogP contribution is 2.76. The first-order valence-electron chi connectivity index (χ1n) is 10.0. The van der Waals surface area contributed by atoms with Crippen LogP contribution < -0.4 is 0 Å². The van der Waals surface area contributed by atoms with Crippen molar-refractivity contribution < 1.29 is 24.5 Å². The van der Waals surface area contributed by atoms with E-state index in [-0.39, 0.29) is 28.8 Å². The third-order valence-corrected chi connectivity index (χ3v) is 9.09. The number of carbonyl (C=O) groups is 2. The van der Waals surface area contributed by atoms with Gasteiger partial charge in [-0.15, -0.1) is 0 Å². The summed E-state index contributed by atoms with van der Waals surface area (Å²) in [6, 6.07) is 0. The third kappa shape index (κ3) is 1.65. The molecule has 0 aromatic carbocycles. The molecule has 1 heterocycles. The van der Waals surface area contributed by atoms with Gasteiger partial charge in [-0.3, -0.25) is 9.59 Å². The molecule has 2 N–H and O–H groups in total. The molecule has 0 bridgehead atoms. The molecule has 5 nitrogen and oxygen atoms in total. The number of ether oxygens (including phenoxy) is 1. The van der Waals surface area contributed by atoms with Crippen molar-refractivity contribution in [1.29, 1.82) is 0 Å². The minimum Gasteiger partial charge on any atom is -0.388 e. The van der Waals surface area contributed by atoms with Gasteiger partial charge in [-0.05, 0) is 56.4 Å². The van der Waals surface area contributed by atoms with E-state index in [2.05, 4.69) is 6.92 Å². The van der Waals surface area contributed by atoms with E-state index in [1.54, 1.807) is 0 Å². The molecular formula is C21H28O5. The minimum absolute atomic E-state index is 0.0340. The highest BCUT2D eigenvalue weighted by atomic mass is 16.6. The Morgan fingerprint density at radius 2 is 2.00 bits per heavy atom. The molecule has 26 heavy (non-hydrogen) atoms. The fourth-order valence-corrected chi connectivity index (χ4v) is 7.61. The van der Waals surface area contributed by atoms with E-state index >= 15 is 0 Å². The van der Waals surface area contributed by atoms with E-state index < -0.39 is 23.4 Å². The van der Waals surface area contributed by atoms with Crippen molar-refractivity contribution in [2.45, 2.75) is 76.1 Å². The molecule has 0 aromatic heterocycles. The number of hydrogen-bond acceptors (Lipinski definition) is 5. The summed E-state index contributed by atoms with van der Waals surface area (Å²) in [4.78, 5) is 24.4. The molecule has 1 saturated heterocycles. The summed E-state index contributed by atoms with van der Waals surface area (Å²) in [5.74, 6) is 0.315. The number of hydrogen-bond donors (Lipinski definition) is 2. The van der Waals surface area contributed by atoms with Gasteiger partial charge in [0.25, 0.3) is 0 Å². The lowest BCUT2D eigenvalue weighted by atomic mass is 9.46. The van der Waals surface area contributed by atoms with Crippen molar-refractivity contribution in [2.24, 2.45) is 22.7 Å². The Kier molecular flexibility index (Phi) is 3.20. The fourth-order valence-electron chi connectivity index (χ4n) is 7.61.